The molecule has 1 aromatic rings. The third-order valence-electron chi connectivity index (χ3n) is 6.94. The van der Waals surface area contributed by atoms with Crippen LogP contribution in [0.2, 0.25) is 0 Å². The highest BCUT2D eigenvalue weighted by Crippen LogP contribution is 2.46. The molecule has 0 amide bonds. The standard InChI is InChI=1S/C25H34FI/c1-3-4-5-24(26)25(27)23-16-14-22(15-17-23)21-12-10-20(11-13-21)19-8-6-18(2)7-9-19/h3,6-9,20-23H,1,4-5,10-17H2,2H3/b25-24+. The Morgan fingerprint density at radius 2 is 1.56 bits per heavy atom. The minimum Gasteiger partial charge on any atom is -0.211 e. The molecule has 0 radical (unpaired) electrons. The monoisotopic (exact) mass is 480 g/mol. The summed E-state index contributed by atoms with van der Waals surface area (Å²) in [6, 6.07) is 9.18. The van der Waals surface area contributed by atoms with E-state index in [1.165, 1.54) is 62.5 Å². The molecule has 0 aliphatic heterocycles. The van der Waals surface area contributed by atoms with Gasteiger partial charge in [-0.15, -0.1) is 6.58 Å². The van der Waals surface area contributed by atoms with Crippen LogP contribution in [0.5, 0.6) is 0 Å². The number of halogens is 2. The first-order valence-electron chi connectivity index (χ1n) is 10.8. The van der Waals surface area contributed by atoms with Gasteiger partial charge in [-0.3, -0.25) is 0 Å². The molecule has 148 valence electrons. The molecule has 3 rings (SSSR count). The molecule has 0 nitrogen and oxygen atoms in total. The summed E-state index contributed by atoms with van der Waals surface area (Å²) < 4.78 is 15.3. The van der Waals surface area contributed by atoms with E-state index >= 15 is 0 Å². The van der Waals surface area contributed by atoms with E-state index in [4.69, 9.17) is 0 Å². The van der Waals surface area contributed by atoms with Crippen LogP contribution in [0.1, 0.15) is 81.3 Å². The first-order valence-corrected chi connectivity index (χ1v) is 11.9. The van der Waals surface area contributed by atoms with Crippen LogP contribution in [-0.2, 0) is 0 Å². The van der Waals surface area contributed by atoms with Crippen LogP contribution in [0.3, 0.4) is 0 Å². The number of aryl methyl sites for hydroxylation is 1. The molecule has 2 heteroatoms. The zero-order chi connectivity index (χ0) is 19.2. The summed E-state index contributed by atoms with van der Waals surface area (Å²) >= 11 is 2.27. The lowest BCUT2D eigenvalue weighted by Crippen LogP contribution is -2.25. The normalized spacial score (nSPS) is 29.9. The summed E-state index contributed by atoms with van der Waals surface area (Å²) in [6.45, 7) is 5.87. The topological polar surface area (TPSA) is 0 Å². The molecule has 27 heavy (non-hydrogen) atoms. The van der Waals surface area contributed by atoms with Gasteiger partial charge in [0.05, 0.1) is 0 Å². The Morgan fingerprint density at radius 1 is 1.00 bits per heavy atom. The first kappa shape index (κ1) is 21.1. The van der Waals surface area contributed by atoms with Crippen molar-refractivity contribution < 1.29 is 4.39 Å². The van der Waals surface area contributed by atoms with E-state index in [1.54, 1.807) is 0 Å². The summed E-state index contributed by atoms with van der Waals surface area (Å²) in [7, 11) is 0. The van der Waals surface area contributed by atoms with Crippen molar-refractivity contribution in [3.8, 4) is 0 Å². The smallest absolute Gasteiger partial charge is 0.110 e. The summed E-state index contributed by atoms with van der Waals surface area (Å²) in [4.78, 5) is 0. The van der Waals surface area contributed by atoms with Gasteiger partial charge in [0.2, 0.25) is 0 Å². The second kappa shape index (κ2) is 10.2. The first-order chi connectivity index (χ1) is 13.1. The SMILES string of the molecule is C=CCC/C(F)=C(\I)C1CCC(C2CCC(c3ccc(C)cc3)CC2)CC1. The highest BCUT2D eigenvalue weighted by molar-refractivity contribution is 14.1. The molecule has 0 saturated heterocycles. The molecule has 0 N–H and O–H groups in total. The highest BCUT2D eigenvalue weighted by atomic mass is 127. The predicted molar refractivity (Wildman–Crippen MR) is 123 cm³/mol. The molecule has 2 fully saturated rings. The number of hydrogen-bond acceptors (Lipinski definition) is 0. The minimum absolute atomic E-state index is 0.109. The van der Waals surface area contributed by atoms with Crippen molar-refractivity contribution >= 4 is 22.6 Å². The largest absolute Gasteiger partial charge is 0.211 e. The van der Waals surface area contributed by atoms with E-state index < -0.39 is 0 Å². The van der Waals surface area contributed by atoms with Crippen LogP contribution >= 0.6 is 22.6 Å². The van der Waals surface area contributed by atoms with E-state index in [2.05, 4.69) is 60.4 Å². The second-order valence-electron chi connectivity index (χ2n) is 8.71. The molecular formula is C25H34FI. The number of allylic oxidation sites excluding steroid dienone is 3. The van der Waals surface area contributed by atoms with Crippen LogP contribution < -0.4 is 0 Å². The zero-order valence-corrected chi connectivity index (χ0v) is 18.9. The molecule has 1 aromatic carbocycles. The molecule has 0 aromatic heterocycles. The predicted octanol–water partition coefficient (Wildman–Crippen LogP) is 8.66. The number of rotatable bonds is 6. The van der Waals surface area contributed by atoms with E-state index in [1.807, 2.05) is 6.08 Å². The lowest BCUT2D eigenvalue weighted by molar-refractivity contribution is 0.170. The Balaban J connectivity index is 1.47. The fourth-order valence-corrected chi connectivity index (χ4v) is 6.07. The van der Waals surface area contributed by atoms with E-state index in [9.17, 15) is 4.39 Å². The molecule has 2 saturated carbocycles. The lowest BCUT2D eigenvalue weighted by atomic mass is 9.68. The quantitative estimate of drug-likeness (QED) is 0.282. The Hall–Kier alpha value is -0.640. The average Bonchev–Trinajstić information content (AvgIpc) is 2.72. The van der Waals surface area contributed by atoms with E-state index in [-0.39, 0.29) is 5.83 Å². The van der Waals surface area contributed by atoms with E-state index in [0.29, 0.717) is 12.3 Å². The van der Waals surface area contributed by atoms with Gasteiger partial charge >= 0.3 is 0 Å². The van der Waals surface area contributed by atoms with Crippen LogP contribution in [-0.4, -0.2) is 0 Å². The second-order valence-corrected chi connectivity index (χ2v) is 9.88. The maximum absolute atomic E-state index is 14.3. The van der Waals surface area contributed by atoms with Gasteiger partial charge in [-0.1, -0.05) is 35.9 Å². The van der Waals surface area contributed by atoms with Gasteiger partial charge in [-0.25, -0.2) is 4.39 Å². The summed E-state index contributed by atoms with van der Waals surface area (Å²) in [5, 5.41) is 0. The van der Waals surface area contributed by atoms with Crippen LogP contribution in [0.15, 0.2) is 46.3 Å². The Kier molecular flexibility index (Phi) is 7.98. The van der Waals surface area contributed by atoms with Gasteiger partial charge in [0.25, 0.3) is 0 Å². The van der Waals surface area contributed by atoms with Crippen molar-refractivity contribution in [1.29, 1.82) is 0 Å². The van der Waals surface area contributed by atoms with Crippen molar-refractivity contribution in [2.45, 2.75) is 77.0 Å². The third-order valence-corrected chi connectivity index (χ3v) is 8.41. The van der Waals surface area contributed by atoms with Gasteiger partial charge in [0.1, 0.15) is 5.83 Å². The molecule has 0 unspecified atom stereocenters. The van der Waals surface area contributed by atoms with Crippen LogP contribution in [0.4, 0.5) is 4.39 Å². The maximum Gasteiger partial charge on any atom is 0.110 e. The fraction of sp³-hybridized carbons (Fsp3) is 0.600. The molecular weight excluding hydrogens is 446 g/mol. The van der Waals surface area contributed by atoms with Crippen LogP contribution in [0, 0.1) is 24.7 Å². The molecule has 0 spiro atoms. The fourth-order valence-electron chi connectivity index (χ4n) is 5.18. The Morgan fingerprint density at radius 3 is 2.11 bits per heavy atom. The molecule has 0 bridgehead atoms. The van der Waals surface area contributed by atoms with Crippen molar-refractivity contribution in [3.63, 3.8) is 0 Å². The van der Waals surface area contributed by atoms with Gasteiger partial charge in [-0.05, 0) is 117 Å². The minimum atomic E-state index is 0.109. The summed E-state index contributed by atoms with van der Waals surface area (Å²) in [6.07, 6.45) is 13.5. The third kappa shape index (κ3) is 5.68. The number of benzene rings is 1. The number of hydrogen-bond donors (Lipinski definition) is 0. The van der Waals surface area contributed by atoms with Crippen LogP contribution in [0.25, 0.3) is 0 Å². The van der Waals surface area contributed by atoms with Gasteiger partial charge < -0.3 is 0 Å². The van der Waals surface area contributed by atoms with Gasteiger partial charge in [-0.2, -0.15) is 0 Å². The average molecular weight is 480 g/mol. The van der Waals surface area contributed by atoms with Crippen molar-refractivity contribution in [2.24, 2.45) is 17.8 Å². The molecule has 2 aliphatic rings. The van der Waals surface area contributed by atoms with Crippen molar-refractivity contribution in [1.82, 2.24) is 0 Å². The molecule has 0 heterocycles. The van der Waals surface area contributed by atoms with Gasteiger partial charge in [0.15, 0.2) is 0 Å². The summed E-state index contributed by atoms with van der Waals surface area (Å²) in [5.41, 5.74) is 2.89. The van der Waals surface area contributed by atoms with Crippen molar-refractivity contribution in [3.05, 3.63) is 57.5 Å². The Bertz CT molecular complexity index is 629. The van der Waals surface area contributed by atoms with Gasteiger partial charge in [0, 0.05) is 10.0 Å². The Labute approximate surface area is 178 Å². The molecule has 2 aliphatic carbocycles. The van der Waals surface area contributed by atoms with Crippen molar-refractivity contribution in [2.75, 3.05) is 0 Å². The maximum atomic E-state index is 14.3. The zero-order valence-electron chi connectivity index (χ0n) is 16.7. The lowest BCUT2D eigenvalue weighted by Gasteiger charge is -2.38. The van der Waals surface area contributed by atoms with E-state index in [0.717, 1.165) is 27.8 Å². The summed E-state index contributed by atoms with van der Waals surface area (Å²) in [5.74, 6) is 3.12. The highest BCUT2D eigenvalue weighted by Gasteiger charge is 2.32. The molecule has 0 atom stereocenters.